The van der Waals surface area contributed by atoms with E-state index in [1.165, 1.54) is 25.6 Å². The van der Waals surface area contributed by atoms with Crippen molar-refractivity contribution in [3.8, 4) is 0 Å². The Bertz CT molecular complexity index is 3080. The summed E-state index contributed by atoms with van der Waals surface area (Å²) in [6, 6.07) is 0.624. The van der Waals surface area contributed by atoms with Gasteiger partial charge in [-0.15, -0.1) is 0 Å². The summed E-state index contributed by atoms with van der Waals surface area (Å²) in [5, 5.41) is 48.3. The van der Waals surface area contributed by atoms with Crippen molar-refractivity contribution in [2.24, 2.45) is 17.4 Å². The van der Waals surface area contributed by atoms with Crippen molar-refractivity contribution >= 4 is 136 Å². The molecule has 0 saturated carbocycles. The Morgan fingerprint density at radius 3 is 1.26 bits per heavy atom. The fourth-order valence-electron chi connectivity index (χ4n) is 9.64. The van der Waals surface area contributed by atoms with Gasteiger partial charge in [-0.3, -0.25) is 47.9 Å². The molecule has 11 atom stereocenters. The Kier molecular flexibility index (Phi) is 32.4. The van der Waals surface area contributed by atoms with Crippen LogP contribution in [0.1, 0.15) is 83.8 Å². The summed E-state index contributed by atoms with van der Waals surface area (Å²) in [5.41, 5.74) is 14.1. The summed E-state index contributed by atoms with van der Waals surface area (Å²) < 4.78 is 0. The van der Waals surface area contributed by atoms with E-state index in [1.807, 2.05) is 18.2 Å². The van der Waals surface area contributed by atoms with Crippen LogP contribution in [0, 0.1) is 5.92 Å². The highest BCUT2D eigenvalue weighted by atomic mass is 32.2. The number of para-hydroxylation sites is 2. The van der Waals surface area contributed by atoms with Crippen molar-refractivity contribution in [1.29, 1.82) is 0 Å². The van der Waals surface area contributed by atoms with Crippen LogP contribution >= 0.6 is 49.6 Å². The maximum absolute atomic E-state index is 14.6. The zero-order valence-corrected chi connectivity index (χ0v) is 54.6. The van der Waals surface area contributed by atoms with Gasteiger partial charge >= 0.3 is 5.97 Å². The van der Waals surface area contributed by atoms with Crippen molar-refractivity contribution in [3.05, 3.63) is 72.1 Å². The number of nitrogens with two attached hydrogens (primary N) is 2. The minimum Gasteiger partial charge on any atom is -0.480 e. The molecule has 0 bridgehead atoms. The molecule has 0 aliphatic heterocycles. The van der Waals surface area contributed by atoms with E-state index in [0.717, 1.165) is 10.9 Å². The summed E-state index contributed by atoms with van der Waals surface area (Å²) >= 11 is 14.2. The van der Waals surface area contributed by atoms with Crippen LogP contribution in [0.4, 0.5) is 0 Å². The number of H-pyrrole nitrogens is 2. The molecule has 0 spiro atoms. The van der Waals surface area contributed by atoms with E-state index in [0.29, 0.717) is 47.0 Å². The van der Waals surface area contributed by atoms with Gasteiger partial charge in [0.2, 0.25) is 59.1 Å². The van der Waals surface area contributed by atoms with Crippen LogP contribution in [-0.4, -0.2) is 194 Å². The number of unbranched alkanes of at least 4 members (excludes halogenated alkanes) is 2. The smallest absolute Gasteiger partial charge is 0.326 e. The first-order valence-electron chi connectivity index (χ1n) is 29.6. The van der Waals surface area contributed by atoms with Gasteiger partial charge < -0.3 is 84.8 Å². The number of rotatable bonds is 40. The quantitative estimate of drug-likeness (QED) is 0.0192. The minimum absolute atomic E-state index is 0.0384. The lowest BCUT2D eigenvalue weighted by Crippen LogP contribution is -2.62. The van der Waals surface area contributed by atoms with Gasteiger partial charge in [0.15, 0.2) is 0 Å². The Hall–Kier alpha value is -7.03. The number of thiol groups is 3. The predicted octanol–water partition coefficient (Wildman–Crippen LogP) is -0.776. The van der Waals surface area contributed by atoms with E-state index in [4.69, 9.17) is 11.5 Å². The van der Waals surface area contributed by atoms with Gasteiger partial charge in [-0.1, -0.05) is 50.2 Å². The Morgan fingerprint density at radius 2 is 0.833 bits per heavy atom. The zero-order valence-electron chi connectivity index (χ0n) is 51.1. The molecule has 496 valence electrons. The summed E-state index contributed by atoms with van der Waals surface area (Å²) in [4.78, 5) is 157. The highest BCUT2D eigenvalue weighted by molar-refractivity contribution is 7.98. The summed E-state index contributed by atoms with van der Waals surface area (Å²) in [6.45, 7) is 6.27. The number of aliphatic hydroxyl groups excluding tert-OH is 1. The van der Waals surface area contributed by atoms with Crippen molar-refractivity contribution < 1.29 is 63.0 Å². The van der Waals surface area contributed by atoms with Gasteiger partial charge in [0.1, 0.15) is 60.4 Å². The summed E-state index contributed by atoms with van der Waals surface area (Å²) in [6.07, 6.45) is 4.91. The molecule has 4 rings (SSSR count). The highest BCUT2D eigenvalue weighted by Crippen LogP contribution is 2.22. The number of nitrogens with one attached hydrogen (secondary N) is 12. The number of aliphatic carboxylic acids is 1. The lowest BCUT2D eigenvalue weighted by atomic mass is 9.99. The number of benzene rings is 2. The fraction of sp³-hybridized carbons (Fsp3) is 0.542. The Labute approximate surface area is 543 Å². The second-order valence-corrected chi connectivity index (χ2v) is 24.1. The molecule has 2 aromatic heterocycles. The Morgan fingerprint density at radius 1 is 0.478 bits per heavy atom. The zero-order chi connectivity index (χ0) is 66.6. The molecule has 10 amide bonds. The lowest BCUT2D eigenvalue weighted by Gasteiger charge is -2.29. The third-order valence-electron chi connectivity index (χ3n) is 14.7. The molecule has 4 aromatic rings. The van der Waals surface area contributed by atoms with Gasteiger partial charge in [-0.2, -0.15) is 49.6 Å². The third kappa shape index (κ3) is 23.3. The molecule has 0 saturated heterocycles. The van der Waals surface area contributed by atoms with E-state index in [2.05, 4.69) is 101 Å². The van der Waals surface area contributed by atoms with Crippen LogP contribution in [0.2, 0.25) is 0 Å². The van der Waals surface area contributed by atoms with Crippen LogP contribution in [0.3, 0.4) is 0 Å². The van der Waals surface area contributed by atoms with E-state index in [1.54, 1.807) is 62.8 Å². The molecular weight excluding hydrogens is 1240 g/mol. The summed E-state index contributed by atoms with van der Waals surface area (Å²) in [7, 11) is 0. The van der Waals surface area contributed by atoms with Crippen molar-refractivity contribution in [2.75, 3.05) is 42.4 Å². The number of aromatic nitrogens is 2. The number of carboxylic acid groups (broad SMARTS) is 1. The molecule has 90 heavy (non-hydrogen) atoms. The second kappa shape index (κ2) is 38.6. The number of hydrogen-bond donors (Lipinski definition) is 19. The first kappa shape index (κ1) is 75.4. The highest BCUT2D eigenvalue weighted by Gasteiger charge is 2.37. The maximum atomic E-state index is 14.6. The number of aromatic amines is 2. The molecule has 0 radical (unpaired) electrons. The van der Waals surface area contributed by atoms with Crippen molar-refractivity contribution in [3.63, 3.8) is 0 Å². The third-order valence-corrected chi connectivity index (χ3v) is 16.4. The van der Waals surface area contributed by atoms with E-state index < -0.39 is 137 Å². The van der Waals surface area contributed by atoms with Crippen LogP contribution in [-0.2, 0) is 65.6 Å². The number of hydrogen-bond acceptors (Lipinski definition) is 18. The first-order chi connectivity index (χ1) is 42.9. The molecule has 2 heterocycles. The van der Waals surface area contributed by atoms with Crippen LogP contribution in [0.25, 0.3) is 21.8 Å². The number of carboxylic acids is 1. The number of carbonyl (C=O) groups excluding carboxylic acids is 10. The van der Waals surface area contributed by atoms with E-state index >= 15 is 0 Å². The van der Waals surface area contributed by atoms with Gasteiger partial charge in [0, 0.05) is 71.2 Å². The van der Waals surface area contributed by atoms with E-state index in [-0.39, 0.29) is 68.9 Å². The monoisotopic (exact) mass is 1330 g/mol. The molecule has 0 aliphatic rings. The van der Waals surface area contributed by atoms with Crippen molar-refractivity contribution in [2.45, 2.75) is 152 Å². The van der Waals surface area contributed by atoms with Gasteiger partial charge in [-0.05, 0) is 106 Å². The first-order valence-corrected chi connectivity index (χ1v) is 32.9. The van der Waals surface area contributed by atoms with Crippen LogP contribution < -0.4 is 64.6 Å². The molecule has 31 heteroatoms. The average Bonchev–Trinajstić information content (AvgIpc) is 1.71. The second-order valence-electron chi connectivity index (χ2n) is 22.0. The molecule has 27 nitrogen and oxygen atoms in total. The Balaban J connectivity index is 1.59. The molecule has 2 aromatic carbocycles. The van der Waals surface area contributed by atoms with Crippen LogP contribution in [0.15, 0.2) is 60.9 Å². The average molecular weight is 1330 g/mol. The largest absolute Gasteiger partial charge is 0.480 e. The topological polar surface area (TPSA) is 432 Å². The molecule has 18 N–H and O–H groups in total. The fourth-order valence-corrected chi connectivity index (χ4v) is 10.9. The number of fused-ring (bicyclic) bond motifs is 2. The number of aliphatic hydroxyl groups is 1. The molecular formula is C59H88N14O13S4. The molecule has 0 fully saturated rings. The van der Waals surface area contributed by atoms with Crippen LogP contribution in [0.5, 0.6) is 0 Å². The van der Waals surface area contributed by atoms with Gasteiger partial charge in [0.05, 0.1) is 6.10 Å². The van der Waals surface area contributed by atoms with E-state index in [9.17, 15) is 63.0 Å². The number of thioether (sulfide) groups is 1. The normalized spacial score (nSPS) is 15.0. The maximum Gasteiger partial charge on any atom is 0.326 e. The molecule has 0 aliphatic carbocycles. The van der Waals surface area contributed by atoms with Gasteiger partial charge in [0.25, 0.3) is 0 Å². The number of carbonyl (C=O) groups is 11. The lowest BCUT2D eigenvalue weighted by molar-refractivity contribution is -0.142. The summed E-state index contributed by atoms with van der Waals surface area (Å²) in [5.74, 6) is -10.4. The van der Waals surface area contributed by atoms with Gasteiger partial charge in [-0.25, -0.2) is 4.79 Å². The minimum atomic E-state index is -1.77. The SMILES string of the molecule is CSCC[C@H](NC(=O)[C@H](CCCCN)NC(=O)[C@H](CS)NC(=O)[C@H](Cc1c[nH]c2ccccc12)NC(=O)[C@H](CS)NC(=O)[C@@H](NC(=O)[C@H](CCCCN)NC(=O)[C@H](Cc1c[nH]c2ccccc12)NC(=O)[C@@H](NC(=O)[C@H](CS)NC(C)=O)C(C)C)[C@@H](C)O)C(=O)O. The van der Waals surface area contributed by atoms with Crippen molar-refractivity contribution in [1.82, 2.24) is 63.1 Å². The molecule has 0 unspecified atom stereocenters. The standard InChI is InChI=1S/C59H88N14O13S4/c1-31(2)48(72-56(82)45(28-87)64-33(4)75)57(83)69-44(25-35-27-63-39-17-9-7-15-37(35)39)52(78)65-41(19-11-13-22-61)51(77)73-49(32(3)74)58(84)71-47(30-89)55(81)68-43(24-34-26-62-38-16-8-6-14-36(34)38)53(79)70-46(29-88)54(80)66-40(18-10-12-21-60)50(76)67-42(59(85)86)20-23-90-5/h6-9,14-17,26-27,31-32,40-49,62-63,74,87-89H,10-13,18-25,28-30,60-61H2,1-5H3,(H,64,75)(H,65,78)(H,66,80)(H,67,76)(H,68,81)(H,69,83)(H,70,79)(H,71,84)(H,72,82)(H,73,77)(H,85,86)/t32-,40+,41+,42+,43+,44+,45+,46+,47+,48+,49+/m1/s1. The predicted molar refractivity (Wildman–Crippen MR) is 354 cm³/mol. The number of amides is 10.